The van der Waals surface area contributed by atoms with Gasteiger partial charge in [0, 0.05) is 27.5 Å². The maximum Gasteiger partial charge on any atom is 0.0651 e. The molecule has 0 aromatic carbocycles. The van der Waals surface area contributed by atoms with E-state index in [0.29, 0.717) is 29.8 Å². The Morgan fingerprint density at radius 1 is 1.55 bits per heavy atom. The minimum Gasteiger partial charge on any atom is -0.318 e. The van der Waals surface area contributed by atoms with Crippen LogP contribution in [0.2, 0.25) is 0 Å². The van der Waals surface area contributed by atoms with E-state index in [0.717, 1.165) is 6.42 Å². The van der Waals surface area contributed by atoms with Gasteiger partial charge in [-0.05, 0) is 67.4 Å². The van der Waals surface area contributed by atoms with Gasteiger partial charge < -0.3 is 9.59 Å². The van der Waals surface area contributed by atoms with Crippen molar-refractivity contribution in [3.8, 4) is 0 Å². The number of nitrogens with one attached hydrogen (secondary N) is 1. The number of thiol groups is 1. The van der Waals surface area contributed by atoms with Crippen molar-refractivity contribution >= 4 is 36.0 Å². The van der Waals surface area contributed by atoms with Crippen molar-refractivity contribution in [1.29, 1.82) is 5.41 Å². The van der Waals surface area contributed by atoms with Crippen LogP contribution in [0, 0.1) is 22.7 Å². The summed E-state index contributed by atoms with van der Waals surface area (Å²) >= 11 is 5.87. The quantitative estimate of drug-likeness (QED) is 0.436. The fraction of sp³-hybridized carbons (Fsp3) is 0.611. The molecule has 3 rings (SSSR count). The third-order valence-corrected chi connectivity index (χ3v) is 6.76. The van der Waals surface area contributed by atoms with Crippen LogP contribution >= 0.6 is 24.2 Å². The van der Waals surface area contributed by atoms with Gasteiger partial charge in [-0.1, -0.05) is 20.4 Å². The summed E-state index contributed by atoms with van der Waals surface area (Å²) in [6, 6.07) is 0. The summed E-state index contributed by atoms with van der Waals surface area (Å²) in [5.41, 5.74) is 4.48. The molecule has 0 radical (unpaired) electrons. The second-order valence-electron chi connectivity index (χ2n) is 7.59. The smallest absolute Gasteiger partial charge is 0.0651 e. The van der Waals surface area contributed by atoms with Crippen molar-refractivity contribution in [2.24, 2.45) is 17.3 Å². The summed E-state index contributed by atoms with van der Waals surface area (Å²) in [5.74, 6) is 1.13. The first kappa shape index (κ1) is 16.3. The number of hydrogen-bond acceptors (Lipinski definition) is 4. The minimum atomic E-state index is 0.304. The van der Waals surface area contributed by atoms with Gasteiger partial charge in [-0.25, -0.2) is 0 Å². The Bertz CT molecular complexity index is 617. The van der Waals surface area contributed by atoms with Crippen LogP contribution in [0.1, 0.15) is 54.0 Å². The molecule has 2 nitrogen and oxygen atoms in total. The van der Waals surface area contributed by atoms with Crippen molar-refractivity contribution in [3.05, 3.63) is 27.5 Å². The molecule has 1 saturated carbocycles. The third kappa shape index (κ3) is 2.70. The molecule has 3 unspecified atom stereocenters. The Morgan fingerprint density at radius 2 is 2.27 bits per heavy atom. The molecule has 0 bridgehead atoms. The van der Waals surface area contributed by atoms with Crippen LogP contribution < -0.4 is 0 Å². The van der Waals surface area contributed by atoms with Gasteiger partial charge in [-0.15, -0.1) is 11.3 Å². The van der Waals surface area contributed by atoms with Crippen LogP contribution in [-0.2, 0) is 17.0 Å². The Labute approximate surface area is 143 Å². The van der Waals surface area contributed by atoms with E-state index in [1.807, 2.05) is 11.3 Å². The van der Waals surface area contributed by atoms with Crippen LogP contribution in [0.25, 0.3) is 5.57 Å². The summed E-state index contributed by atoms with van der Waals surface area (Å²) in [4.78, 5) is 2.99. The van der Waals surface area contributed by atoms with E-state index in [1.165, 1.54) is 34.4 Å². The second-order valence-corrected chi connectivity index (χ2v) is 8.99. The number of aryl methyl sites for hydroxylation is 1. The van der Waals surface area contributed by atoms with Crippen molar-refractivity contribution in [1.82, 2.24) is 0 Å². The van der Waals surface area contributed by atoms with E-state index in [2.05, 4.69) is 40.3 Å². The highest BCUT2D eigenvalue weighted by Crippen LogP contribution is 2.58. The standard InChI is InChI=1S/C18H25NOS2/c1-10(2)15-11-7-18(3,4)6-5-14(11)22-17(15)16-12(8-19)13(16)9-20-21/h8,12-13,16,19,21H,1,5-7,9H2,2-4H3. The monoisotopic (exact) mass is 335 g/mol. The maximum absolute atomic E-state index is 7.69. The topological polar surface area (TPSA) is 33.1 Å². The molecule has 0 aliphatic heterocycles. The molecule has 1 aromatic heterocycles. The molecular weight excluding hydrogens is 310 g/mol. The fourth-order valence-corrected chi connectivity index (χ4v) is 5.75. The van der Waals surface area contributed by atoms with Gasteiger partial charge in [0.05, 0.1) is 6.61 Å². The molecule has 1 N–H and O–H groups in total. The zero-order valence-corrected chi connectivity index (χ0v) is 15.3. The van der Waals surface area contributed by atoms with Gasteiger partial charge in [0.15, 0.2) is 0 Å². The van der Waals surface area contributed by atoms with Crippen LogP contribution in [0.3, 0.4) is 0 Å². The number of hydrogen-bond donors (Lipinski definition) is 2. The Hall–Kier alpha value is -0.580. The Morgan fingerprint density at radius 3 is 2.86 bits per heavy atom. The predicted octanol–water partition coefficient (Wildman–Crippen LogP) is 5.14. The summed E-state index contributed by atoms with van der Waals surface area (Å²) in [6.07, 6.45) is 5.18. The van der Waals surface area contributed by atoms with Crippen LogP contribution in [0.15, 0.2) is 6.58 Å². The normalized spacial score (nSPS) is 29.0. The SMILES string of the molecule is C=C(C)c1c(C2C(C=N)C2COS)sc2c1CC(C)(C)CC2. The average molecular weight is 336 g/mol. The van der Waals surface area contributed by atoms with E-state index in [-0.39, 0.29) is 0 Å². The molecular formula is C18H25NOS2. The summed E-state index contributed by atoms with van der Waals surface area (Å²) in [7, 11) is 0. The summed E-state index contributed by atoms with van der Waals surface area (Å²) in [6.45, 7) is 11.7. The zero-order chi connectivity index (χ0) is 16.1. The molecule has 120 valence electrons. The van der Waals surface area contributed by atoms with E-state index in [4.69, 9.17) is 9.59 Å². The van der Waals surface area contributed by atoms with Gasteiger partial charge in [0.1, 0.15) is 0 Å². The zero-order valence-electron chi connectivity index (χ0n) is 13.6. The predicted molar refractivity (Wildman–Crippen MR) is 98.3 cm³/mol. The van der Waals surface area contributed by atoms with E-state index >= 15 is 0 Å². The molecule has 3 atom stereocenters. The highest BCUT2D eigenvalue weighted by atomic mass is 32.1. The molecule has 0 spiro atoms. The first-order valence-corrected chi connectivity index (χ1v) is 9.15. The van der Waals surface area contributed by atoms with Crippen LogP contribution in [-0.4, -0.2) is 12.8 Å². The highest BCUT2D eigenvalue weighted by molar-refractivity contribution is 7.75. The van der Waals surface area contributed by atoms with Crippen LogP contribution in [0.5, 0.6) is 0 Å². The number of allylic oxidation sites excluding steroid dienone is 1. The largest absolute Gasteiger partial charge is 0.318 e. The summed E-state index contributed by atoms with van der Waals surface area (Å²) < 4.78 is 5.06. The second kappa shape index (κ2) is 5.81. The molecule has 1 aromatic rings. The molecule has 1 fully saturated rings. The van der Waals surface area contributed by atoms with Gasteiger partial charge >= 0.3 is 0 Å². The lowest BCUT2D eigenvalue weighted by atomic mass is 9.75. The fourth-order valence-electron chi connectivity index (χ4n) is 3.94. The Balaban J connectivity index is 2.01. The van der Waals surface area contributed by atoms with E-state index in [9.17, 15) is 0 Å². The average Bonchev–Trinajstić information content (AvgIpc) is 3.00. The molecule has 0 amide bonds. The molecule has 1 heterocycles. The lowest BCUT2D eigenvalue weighted by Gasteiger charge is -2.30. The van der Waals surface area contributed by atoms with Crippen LogP contribution in [0.4, 0.5) is 0 Å². The van der Waals surface area contributed by atoms with Crippen molar-refractivity contribution in [3.63, 3.8) is 0 Å². The van der Waals surface area contributed by atoms with Crippen molar-refractivity contribution < 1.29 is 4.18 Å². The lowest BCUT2D eigenvalue weighted by Crippen LogP contribution is -2.21. The first-order chi connectivity index (χ1) is 10.4. The molecule has 2 aliphatic rings. The van der Waals surface area contributed by atoms with Gasteiger partial charge in [0.2, 0.25) is 0 Å². The molecule has 4 heteroatoms. The number of fused-ring (bicyclic) bond motifs is 1. The minimum absolute atomic E-state index is 0.304. The third-order valence-electron chi connectivity index (χ3n) is 5.22. The van der Waals surface area contributed by atoms with Crippen molar-refractivity contribution in [2.45, 2.75) is 46.0 Å². The van der Waals surface area contributed by atoms with Gasteiger partial charge in [-0.3, -0.25) is 0 Å². The van der Waals surface area contributed by atoms with Gasteiger partial charge in [-0.2, -0.15) is 0 Å². The van der Waals surface area contributed by atoms with Gasteiger partial charge in [0.25, 0.3) is 0 Å². The Kier molecular flexibility index (Phi) is 4.30. The number of rotatable bonds is 5. The first-order valence-electron chi connectivity index (χ1n) is 7.97. The maximum atomic E-state index is 7.69. The molecule has 0 saturated heterocycles. The molecule has 22 heavy (non-hydrogen) atoms. The summed E-state index contributed by atoms with van der Waals surface area (Å²) in [5, 5.41) is 7.69. The van der Waals surface area contributed by atoms with E-state index in [1.54, 1.807) is 11.1 Å². The number of thiophene rings is 1. The highest BCUT2D eigenvalue weighted by Gasteiger charge is 2.52. The molecule has 2 aliphatic carbocycles. The van der Waals surface area contributed by atoms with Crippen molar-refractivity contribution in [2.75, 3.05) is 6.61 Å². The lowest BCUT2D eigenvalue weighted by molar-refractivity contribution is 0.317. The van der Waals surface area contributed by atoms with E-state index < -0.39 is 0 Å².